The number of piperazine rings is 1. The lowest BCUT2D eigenvalue weighted by atomic mass is 10.1. The lowest BCUT2D eigenvalue weighted by Gasteiger charge is -2.36. The average Bonchev–Trinajstić information content (AvgIpc) is 2.84. The van der Waals surface area contributed by atoms with Gasteiger partial charge in [-0.2, -0.15) is 13.2 Å². The van der Waals surface area contributed by atoms with Crippen molar-refractivity contribution in [1.82, 2.24) is 9.80 Å². The Morgan fingerprint density at radius 2 is 1.58 bits per heavy atom. The standard InChI is InChI=1S/C22H26F3N3O2S/c23-22(24,25)17-6-7-21-19(16-17)28(18-4-1-2-5-20(18)31(21)30)9-3-8-26-10-12-27(13-11-26)14-15-29/h1-2,4-7,16,29H,3,8-15H2/i10D2,11D2,12D2,13D2. The summed E-state index contributed by atoms with van der Waals surface area (Å²) in [5.41, 5.74) is -0.588. The van der Waals surface area contributed by atoms with Crippen LogP contribution in [0.2, 0.25) is 0 Å². The number of anilines is 2. The lowest BCUT2D eigenvalue weighted by molar-refractivity contribution is -0.137. The molecule has 0 bridgehead atoms. The molecule has 9 heteroatoms. The van der Waals surface area contributed by atoms with E-state index < -0.39 is 68.2 Å². The zero-order valence-corrected chi connectivity index (χ0v) is 17.1. The third-order valence-electron chi connectivity index (χ3n) is 4.86. The molecule has 0 amide bonds. The highest BCUT2D eigenvalue weighted by Crippen LogP contribution is 2.44. The van der Waals surface area contributed by atoms with Crippen LogP contribution in [0, 0.1) is 0 Å². The predicted molar refractivity (Wildman–Crippen MR) is 114 cm³/mol. The van der Waals surface area contributed by atoms with Crippen molar-refractivity contribution in [2.24, 2.45) is 0 Å². The van der Waals surface area contributed by atoms with Crippen LogP contribution in [0.1, 0.15) is 23.0 Å². The van der Waals surface area contributed by atoms with Crippen molar-refractivity contribution >= 4 is 22.2 Å². The van der Waals surface area contributed by atoms with Gasteiger partial charge >= 0.3 is 6.18 Å². The zero-order valence-electron chi connectivity index (χ0n) is 24.3. The number of aliphatic hydroxyl groups is 1. The second-order valence-electron chi connectivity index (χ2n) is 6.90. The van der Waals surface area contributed by atoms with Crippen LogP contribution in [0.15, 0.2) is 52.3 Å². The Hall–Kier alpha value is -1.94. The van der Waals surface area contributed by atoms with Crippen molar-refractivity contribution in [3.05, 3.63) is 48.0 Å². The molecule has 0 radical (unpaired) electrons. The first kappa shape index (κ1) is 14.3. The zero-order chi connectivity index (χ0) is 29.2. The molecule has 2 aromatic rings. The van der Waals surface area contributed by atoms with E-state index in [0.717, 1.165) is 18.2 Å². The maximum atomic E-state index is 13.5. The highest BCUT2D eigenvalue weighted by Gasteiger charge is 2.34. The summed E-state index contributed by atoms with van der Waals surface area (Å²) in [6.45, 7) is -14.2. The van der Waals surface area contributed by atoms with Crippen molar-refractivity contribution in [2.45, 2.75) is 22.4 Å². The number of rotatable bonds is 6. The fourth-order valence-electron chi connectivity index (χ4n) is 3.40. The average molecular weight is 462 g/mol. The number of para-hydroxylation sites is 1. The summed E-state index contributed by atoms with van der Waals surface area (Å²) in [5.74, 6) is 0. The van der Waals surface area contributed by atoms with Crippen molar-refractivity contribution in [3.8, 4) is 0 Å². The van der Waals surface area contributed by atoms with Crippen LogP contribution in [-0.2, 0) is 17.0 Å². The molecule has 5 nitrogen and oxygen atoms in total. The first-order chi connectivity index (χ1) is 17.9. The van der Waals surface area contributed by atoms with Crippen molar-refractivity contribution in [2.75, 3.05) is 57.1 Å². The van der Waals surface area contributed by atoms with E-state index in [1.54, 1.807) is 24.3 Å². The SMILES string of the molecule is [2H]C1([2H])N(CCO)C([2H])([2H])C([2H])([2H])N(CCCN2c3ccccc3S(=O)c3ccc(C(F)(F)F)cc32)C1([2H])[2H]. The Kier molecular flexibility index (Phi) is 4.27. The summed E-state index contributed by atoms with van der Waals surface area (Å²) in [5, 5.41) is 9.29. The number of hydrogen-bond donors (Lipinski definition) is 1. The summed E-state index contributed by atoms with van der Waals surface area (Å²) < 4.78 is 120. The predicted octanol–water partition coefficient (Wildman–Crippen LogP) is 3.32. The van der Waals surface area contributed by atoms with E-state index >= 15 is 0 Å². The van der Waals surface area contributed by atoms with Crippen LogP contribution in [0.5, 0.6) is 0 Å². The second-order valence-corrected chi connectivity index (χ2v) is 8.31. The molecule has 2 aliphatic heterocycles. The number of nitrogens with zero attached hydrogens (tertiary/aromatic N) is 3. The number of β-amino-alcohol motifs (C(OH)–C–C–N with tert-alkyl or cyclic N) is 1. The van der Waals surface area contributed by atoms with Crippen LogP contribution in [0.3, 0.4) is 0 Å². The number of alkyl halides is 3. The van der Waals surface area contributed by atoms with Gasteiger partial charge < -0.3 is 14.9 Å². The van der Waals surface area contributed by atoms with Gasteiger partial charge in [0.1, 0.15) is 0 Å². The summed E-state index contributed by atoms with van der Waals surface area (Å²) >= 11 is 0. The summed E-state index contributed by atoms with van der Waals surface area (Å²) in [6.07, 6.45) is -4.79. The van der Waals surface area contributed by atoms with Gasteiger partial charge in [-0.1, -0.05) is 12.1 Å². The first-order valence-electron chi connectivity index (χ1n) is 13.6. The van der Waals surface area contributed by atoms with Crippen LogP contribution in [-0.4, -0.2) is 71.3 Å². The Morgan fingerprint density at radius 3 is 2.26 bits per heavy atom. The molecule has 2 aromatic carbocycles. The smallest absolute Gasteiger partial charge is 0.395 e. The molecule has 1 N–H and O–H groups in total. The molecule has 2 aliphatic rings. The monoisotopic (exact) mass is 461 g/mol. The Labute approximate surface area is 193 Å². The van der Waals surface area contributed by atoms with Gasteiger partial charge in [0.05, 0.1) is 44.1 Å². The van der Waals surface area contributed by atoms with Gasteiger partial charge in [-0.05, 0) is 43.3 Å². The Morgan fingerprint density at radius 1 is 0.935 bits per heavy atom. The summed E-state index contributed by atoms with van der Waals surface area (Å²) in [6, 6.07) is 9.22. The van der Waals surface area contributed by atoms with Gasteiger partial charge in [-0.15, -0.1) is 0 Å². The lowest BCUT2D eigenvalue weighted by Crippen LogP contribution is -2.47. The van der Waals surface area contributed by atoms with E-state index in [4.69, 9.17) is 11.0 Å². The molecule has 1 saturated heterocycles. The molecule has 1 fully saturated rings. The van der Waals surface area contributed by atoms with E-state index in [-0.39, 0.29) is 23.5 Å². The van der Waals surface area contributed by atoms with E-state index in [0.29, 0.717) is 20.4 Å². The van der Waals surface area contributed by atoms with Crippen molar-refractivity contribution in [1.29, 1.82) is 0 Å². The maximum absolute atomic E-state index is 13.5. The number of halogens is 3. The Balaban J connectivity index is 1.69. The van der Waals surface area contributed by atoms with Crippen LogP contribution in [0.4, 0.5) is 24.5 Å². The van der Waals surface area contributed by atoms with Crippen LogP contribution < -0.4 is 4.90 Å². The van der Waals surface area contributed by atoms with E-state index in [1.807, 2.05) is 0 Å². The van der Waals surface area contributed by atoms with Crippen LogP contribution >= 0.6 is 0 Å². The highest BCUT2D eigenvalue weighted by atomic mass is 32.2. The normalized spacial score (nSPS) is 30.2. The first-order valence-corrected chi connectivity index (χ1v) is 10.7. The molecule has 1 unspecified atom stereocenters. The minimum Gasteiger partial charge on any atom is -0.395 e. The molecule has 0 spiro atoms. The minimum absolute atomic E-state index is 0.0197. The van der Waals surface area contributed by atoms with E-state index in [9.17, 15) is 22.5 Å². The molecular weight excluding hydrogens is 427 g/mol. The van der Waals surface area contributed by atoms with Crippen LogP contribution in [0.25, 0.3) is 0 Å². The van der Waals surface area contributed by atoms with Crippen molar-refractivity contribution in [3.63, 3.8) is 0 Å². The molecular formula is C22H26F3N3O2S. The highest BCUT2D eigenvalue weighted by molar-refractivity contribution is 7.85. The molecule has 31 heavy (non-hydrogen) atoms. The molecule has 4 rings (SSSR count). The molecule has 0 aromatic heterocycles. The number of aliphatic hydroxyl groups excluding tert-OH is 1. The fraction of sp³-hybridized carbons (Fsp3) is 0.455. The molecule has 0 aliphatic carbocycles. The number of hydrogen-bond acceptors (Lipinski definition) is 5. The quantitative estimate of drug-likeness (QED) is 0.715. The molecule has 1 atom stereocenters. The summed E-state index contributed by atoms with van der Waals surface area (Å²) in [7, 11) is -1.77. The van der Waals surface area contributed by atoms with Gasteiger partial charge in [-0.3, -0.25) is 4.90 Å². The van der Waals surface area contributed by atoms with Gasteiger partial charge in [0.25, 0.3) is 0 Å². The fourth-order valence-corrected chi connectivity index (χ4v) is 4.75. The topological polar surface area (TPSA) is 47.0 Å². The molecule has 0 saturated carbocycles. The van der Waals surface area contributed by atoms with E-state index in [1.165, 1.54) is 4.90 Å². The van der Waals surface area contributed by atoms with Gasteiger partial charge in [0.15, 0.2) is 0 Å². The molecule has 168 valence electrons. The third kappa shape index (κ3) is 4.79. The number of benzene rings is 2. The largest absolute Gasteiger partial charge is 0.416 e. The maximum Gasteiger partial charge on any atom is 0.416 e. The van der Waals surface area contributed by atoms with Gasteiger partial charge in [0.2, 0.25) is 0 Å². The van der Waals surface area contributed by atoms with E-state index in [2.05, 4.69) is 0 Å². The Bertz CT molecular complexity index is 1250. The van der Waals surface area contributed by atoms with Gasteiger partial charge in [-0.25, -0.2) is 4.21 Å². The molecule has 2 heterocycles. The van der Waals surface area contributed by atoms with Gasteiger partial charge in [0, 0.05) is 50.0 Å². The summed E-state index contributed by atoms with van der Waals surface area (Å²) in [4.78, 5) is 2.72. The number of fused-ring (bicyclic) bond motifs is 2. The second kappa shape index (κ2) is 9.28. The third-order valence-corrected chi connectivity index (χ3v) is 6.35. The van der Waals surface area contributed by atoms with Crippen molar-refractivity contribution < 1.29 is 33.5 Å². The minimum atomic E-state index is -4.67.